The van der Waals surface area contributed by atoms with E-state index < -0.39 is 0 Å². The number of carbonyl (C=O) groups excluding carboxylic acids is 1. The molecule has 1 N–H and O–H groups in total. The van der Waals surface area contributed by atoms with Gasteiger partial charge in [0.2, 0.25) is 0 Å². The molecule has 0 bridgehead atoms. The number of hydrogen-bond donors (Lipinski definition) is 1. The van der Waals surface area contributed by atoms with E-state index in [1.807, 2.05) is 24.3 Å². The van der Waals surface area contributed by atoms with Crippen LogP contribution in [0.25, 0.3) is 0 Å². The first-order valence-corrected chi connectivity index (χ1v) is 9.91. The molecule has 1 saturated heterocycles. The summed E-state index contributed by atoms with van der Waals surface area (Å²) in [6.45, 7) is 1.10. The maximum absolute atomic E-state index is 12.2. The van der Waals surface area contributed by atoms with E-state index in [-0.39, 0.29) is 11.9 Å². The van der Waals surface area contributed by atoms with Gasteiger partial charge in [0.25, 0.3) is 0 Å². The van der Waals surface area contributed by atoms with Gasteiger partial charge in [-0.2, -0.15) is 0 Å². The molecule has 2 aliphatic rings. The summed E-state index contributed by atoms with van der Waals surface area (Å²) in [6.07, 6.45) is 7.24. The smallest absolute Gasteiger partial charge is 0.163 e. The fraction of sp³-hybridized carbons (Fsp3) is 0.435. The number of nitrogens with one attached hydrogen (secondary N) is 1. The molecular formula is C23H27NO2. The van der Waals surface area contributed by atoms with Gasteiger partial charge in [-0.25, -0.2) is 0 Å². The second kappa shape index (κ2) is 8.05. The van der Waals surface area contributed by atoms with E-state index in [1.165, 1.54) is 24.8 Å². The van der Waals surface area contributed by atoms with Gasteiger partial charge >= 0.3 is 0 Å². The third kappa shape index (κ3) is 3.83. The molecule has 0 amide bonds. The lowest BCUT2D eigenvalue weighted by Gasteiger charge is -2.29. The van der Waals surface area contributed by atoms with Crippen LogP contribution in [0, 0.1) is 0 Å². The SMILES string of the molecule is O=C1CCCc2c(OC(CC3CCCCN3)c3ccccc3)cccc21. The summed E-state index contributed by atoms with van der Waals surface area (Å²) in [5, 5.41) is 3.64. The Hall–Kier alpha value is -2.13. The molecule has 0 saturated carbocycles. The average molecular weight is 349 g/mol. The topological polar surface area (TPSA) is 38.3 Å². The van der Waals surface area contributed by atoms with Gasteiger partial charge in [-0.15, -0.1) is 0 Å². The Kier molecular flexibility index (Phi) is 5.35. The van der Waals surface area contributed by atoms with E-state index in [0.29, 0.717) is 12.5 Å². The quantitative estimate of drug-likeness (QED) is 0.838. The number of ketones is 1. The first-order valence-electron chi connectivity index (χ1n) is 9.91. The number of rotatable bonds is 5. The van der Waals surface area contributed by atoms with Gasteiger partial charge in [0.05, 0.1) is 0 Å². The van der Waals surface area contributed by atoms with Crippen LogP contribution in [0.15, 0.2) is 48.5 Å². The van der Waals surface area contributed by atoms with Crippen LogP contribution in [-0.4, -0.2) is 18.4 Å². The van der Waals surface area contributed by atoms with Gasteiger partial charge in [-0.1, -0.05) is 48.9 Å². The van der Waals surface area contributed by atoms with E-state index in [9.17, 15) is 4.79 Å². The van der Waals surface area contributed by atoms with Crippen LogP contribution in [0.3, 0.4) is 0 Å². The van der Waals surface area contributed by atoms with Crippen LogP contribution in [0.1, 0.15) is 66.1 Å². The number of carbonyl (C=O) groups is 1. The Bertz CT molecular complexity index is 750. The Morgan fingerprint density at radius 1 is 1.00 bits per heavy atom. The minimum atomic E-state index is 0.00956. The lowest BCUT2D eigenvalue weighted by molar-refractivity contribution is 0.0969. The highest BCUT2D eigenvalue weighted by Gasteiger charge is 2.25. The van der Waals surface area contributed by atoms with Gasteiger partial charge in [0.15, 0.2) is 5.78 Å². The summed E-state index contributed by atoms with van der Waals surface area (Å²) in [5.41, 5.74) is 3.16. The molecule has 4 rings (SSSR count). The zero-order valence-electron chi connectivity index (χ0n) is 15.2. The molecule has 0 spiro atoms. The van der Waals surface area contributed by atoms with Crippen molar-refractivity contribution in [2.75, 3.05) is 6.54 Å². The highest BCUT2D eigenvalue weighted by atomic mass is 16.5. The van der Waals surface area contributed by atoms with Crippen molar-refractivity contribution in [1.29, 1.82) is 0 Å². The number of piperidine rings is 1. The second-order valence-electron chi connectivity index (χ2n) is 7.46. The normalized spacial score (nSPS) is 21.1. The third-order valence-corrected chi connectivity index (χ3v) is 5.62. The minimum Gasteiger partial charge on any atom is -0.485 e. The summed E-state index contributed by atoms with van der Waals surface area (Å²) in [6, 6.07) is 16.9. The first kappa shape index (κ1) is 17.3. The van der Waals surface area contributed by atoms with E-state index in [2.05, 4.69) is 29.6 Å². The standard InChI is InChI=1S/C23H27NO2/c25-21-13-6-12-20-19(21)11-7-14-22(20)26-23(17-8-2-1-3-9-17)16-18-10-4-5-15-24-18/h1-3,7-9,11,14,18,23-24H,4-6,10,12-13,15-16H2. The fourth-order valence-electron chi connectivity index (χ4n) is 4.21. The first-order chi connectivity index (χ1) is 12.8. The van der Waals surface area contributed by atoms with Crippen LogP contribution in [0.5, 0.6) is 5.75 Å². The monoisotopic (exact) mass is 349 g/mol. The summed E-state index contributed by atoms with van der Waals surface area (Å²) >= 11 is 0. The van der Waals surface area contributed by atoms with Crippen LogP contribution in [0.2, 0.25) is 0 Å². The molecule has 2 unspecified atom stereocenters. The third-order valence-electron chi connectivity index (χ3n) is 5.62. The Labute approximate surface area is 155 Å². The molecule has 0 radical (unpaired) electrons. The van der Waals surface area contributed by atoms with Gasteiger partial charge < -0.3 is 10.1 Å². The van der Waals surface area contributed by atoms with Crippen molar-refractivity contribution < 1.29 is 9.53 Å². The molecule has 3 heteroatoms. The molecule has 1 fully saturated rings. The molecular weight excluding hydrogens is 322 g/mol. The molecule has 0 aromatic heterocycles. The Morgan fingerprint density at radius 2 is 1.88 bits per heavy atom. The zero-order valence-corrected chi connectivity index (χ0v) is 15.2. The predicted octanol–water partition coefficient (Wildman–Crippen LogP) is 4.86. The maximum atomic E-state index is 12.2. The maximum Gasteiger partial charge on any atom is 0.163 e. The number of fused-ring (bicyclic) bond motifs is 1. The molecule has 2 aromatic rings. The van der Waals surface area contributed by atoms with Crippen molar-refractivity contribution in [2.45, 2.75) is 57.1 Å². The van der Waals surface area contributed by atoms with E-state index in [4.69, 9.17) is 4.74 Å². The van der Waals surface area contributed by atoms with E-state index in [0.717, 1.165) is 42.7 Å². The number of hydrogen-bond acceptors (Lipinski definition) is 3. The largest absolute Gasteiger partial charge is 0.485 e. The van der Waals surface area contributed by atoms with Crippen molar-refractivity contribution in [2.24, 2.45) is 0 Å². The lowest BCUT2D eigenvalue weighted by Crippen LogP contribution is -2.36. The molecule has 2 aromatic carbocycles. The molecule has 136 valence electrons. The Morgan fingerprint density at radius 3 is 2.69 bits per heavy atom. The van der Waals surface area contributed by atoms with E-state index in [1.54, 1.807) is 0 Å². The predicted molar refractivity (Wildman–Crippen MR) is 104 cm³/mol. The number of Topliss-reactive ketones (excluding diaryl/α,β-unsaturated/α-hetero) is 1. The zero-order chi connectivity index (χ0) is 17.8. The Balaban J connectivity index is 1.60. The molecule has 1 aliphatic heterocycles. The van der Waals surface area contributed by atoms with Crippen molar-refractivity contribution in [3.05, 3.63) is 65.2 Å². The van der Waals surface area contributed by atoms with Crippen molar-refractivity contribution in [3.63, 3.8) is 0 Å². The van der Waals surface area contributed by atoms with E-state index >= 15 is 0 Å². The summed E-state index contributed by atoms with van der Waals surface area (Å²) in [4.78, 5) is 12.2. The van der Waals surface area contributed by atoms with Crippen LogP contribution in [0.4, 0.5) is 0 Å². The fourth-order valence-corrected chi connectivity index (χ4v) is 4.21. The average Bonchev–Trinajstić information content (AvgIpc) is 2.70. The molecule has 26 heavy (non-hydrogen) atoms. The molecule has 2 atom stereocenters. The van der Waals surface area contributed by atoms with Crippen LogP contribution in [-0.2, 0) is 6.42 Å². The number of benzene rings is 2. The van der Waals surface area contributed by atoms with Crippen molar-refractivity contribution >= 4 is 5.78 Å². The van der Waals surface area contributed by atoms with Gasteiger partial charge in [-0.3, -0.25) is 4.79 Å². The van der Waals surface area contributed by atoms with Gasteiger partial charge in [-0.05, 0) is 43.9 Å². The molecule has 1 aliphatic carbocycles. The number of ether oxygens (including phenoxy) is 1. The lowest BCUT2D eigenvalue weighted by atomic mass is 9.90. The second-order valence-corrected chi connectivity index (χ2v) is 7.46. The van der Waals surface area contributed by atoms with Crippen molar-refractivity contribution in [1.82, 2.24) is 5.32 Å². The van der Waals surface area contributed by atoms with Gasteiger partial charge in [0.1, 0.15) is 11.9 Å². The van der Waals surface area contributed by atoms with Crippen LogP contribution < -0.4 is 10.1 Å². The molecule has 3 nitrogen and oxygen atoms in total. The highest BCUT2D eigenvalue weighted by molar-refractivity contribution is 5.99. The molecule has 1 heterocycles. The summed E-state index contributed by atoms with van der Waals surface area (Å²) in [7, 11) is 0. The highest BCUT2D eigenvalue weighted by Crippen LogP contribution is 2.34. The minimum absolute atomic E-state index is 0.00956. The van der Waals surface area contributed by atoms with Gasteiger partial charge in [0, 0.05) is 30.0 Å². The van der Waals surface area contributed by atoms with Crippen molar-refractivity contribution in [3.8, 4) is 5.75 Å². The van der Waals surface area contributed by atoms with Crippen LogP contribution >= 0.6 is 0 Å². The summed E-state index contributed by atoms with van der Waals surface area (Å²) in [5.74, 6) is 1.14. The summed E-state index contributed by atoms with van der Waals surface area (Å²) < 4.78 is 6.56.